The van der Waals surface area contributed by atoms with Gasteiger partial charge in [-0.25, -0.2) is 4.98 Å². The molecule has 1 saturated heterocycles. The summed E-state index contributed by atoms with van der Waals surface area (Å²) in [4.78, 5) is 32.1. The van der Waals surface area contributed by atoms with Gasteiger partial charge in [-0.2, -0.15) is 0 Å². The van der Waals surface area contributed by atoms with Crippen molar-refractivity contribution in [2.24, 2.45) is 5.92 Å². The van der Waals surface area contributed by atoms with Crippen molar-refractivity contribution in [1.82, 2.24) is 14.3 Å². The number of imidazole rings is 1. The summed E-state index contributed by atoms with van der Waals surface area (Å²) in [7, 11) is 1.74. The van der Waals surface area contributed by atoms with Crippen LogP contribution in [0.15, 0.2) is 36.5 Å². The van der Waals surface area contributed by atoms with Crippen molar-refractivity contribution in [3.05, 3.63) is 42.2 Å². The minimum absolute atomic E-state index is 0.0357. The third-order valence-electron chi connectivity index (χ3n) is 6.37. The van der Waals surface area contributed by atoms with E-state index in [2.05, 4.69) is 4.90 Å². The Morgan fingerprint density at radius 3 is 2.78 bits per heavy atom. The quantitative estimate of drug-likeness (QED) is 0.646. The number of likely N-dealkylation sites (N-methyl/N-ethyl adjacent to an activating group) is 1. The molecule has 0 aliphatic carbocycles. The van der Waals surface area contributed by atoms with E-state index in [1.807, 2.05) is 40.9 Å². The maximum absolute atomic E-state index is 12.1. The Morgan fingerprint density at radius 2 is 2.03 bits per heavy atom. The number of amides is 1. The Kier molecular flexibility index (Phi) is 4.97. The number of fused-ring (bicyclic) bond motifs is 2. The molecule has 32 heavy (non-hydrogen) atoms. The van der Waals surface area contributed by atoms with Crippen molar-refractivity contribution in [1.29, 1.82) is 0 Å². The zero-order valence-electron chi connectivity index (χ0n) is 17.8. The number of nitrogen functional groups attached to an aromatic ring is 1. The lowest BCUT2D eigenvalue weighted by Gasteiger charge is -2.30. The molecule has 2 aliphatic heterocycles. The molecule has 0 radical (unpaired) electrons. The molecule has 0 bridgehead atoms. The zero-order valence-corrected chi connectivity index (χ0v) is 17.8. The highest BCUT2D eigenvalue weighted by Crippen LogP contribution is 2.37. The molecule has 3 aromatic rings. The van der Waals surface area contributed by atoms with E-state index in [4.69, 9.17) is 15.5 Å². The summed E-state index contributed by atoms with van der Waals surface area (Å²) in [5, 5.41) is 9.30. The first kappa shape index (κ1) is 20.3. The van der Waals surface area contributed by atoms with E-state index in [1.54, 1.807) is 11.9 Å². The second-order valence-corrected chi connectivity index (χ2v) is 8.41. The Bertz CT molecular complexity index is 1210. The molecular weight excluding hydrogens is 410 g/mol. The van der Waals surface area contributed by atoms with Gasteiger partial charge in [-0.05, 0) is 56.3 Å². The molecule has 4 heterocycles. The smallest absolute Gasteiger partial charge is 0.306 e. The molecule has 0 spiro atoms. The number of carboxylic acid groups (broad SMARTS) is 1. The summed E-state index contributed by atoms with van der Waals surface area (Å²) >= 11 is 0. The lowest BCUT2D eigenvalue weighted by atomic mass is 9.97. The highest BCUT2D eigenvalue weighted by atomic mass is 16.5. The minimum Gasteiger partial charge on any atom is -0.482 e. The average molecular weight is 435 g/mol. The van der Waals surface area contributed by atoms with Gasteiger partial charge in [0.05, 0.1) is 23.0 Å². The van der Waals surface area contributed by atoms with Gasteiger partial charge in [0, 0.05) is 31.0 Å². The number of pyridine rings is 1. The second-order valence-electron chi connectivity index (χ2n) is 8.41. The Labute approximate surface area is 185 Å². The number of hydrogen-bond acceptors (Lipinski definition) is 6. The van der Waals surface area contributed by atoms with Crippen LogP contribution in [0.1, 0.15) is 18.5 Å². The van der Waals surface area contributed by atoms with Crippen LogP contribution in [0.25, 0.3) is 16.9 Å². The third kappa shape index (κ3) is 3.54. The second kappa shape index (κ2) is 7.83. The number of benzene rings is 1. The van der Waals surface area contributed by atoms with Gasteiger partial charge >= 0.3 is 5.97 Å². The Morgan fingerprint density at radius 1 is 1.25 bits per heavy atom. The largest absolute Gasteiger partial charge is 0.482 e. The number of piperidine rings is 1. The number of carbonyl (C=O) groups is 2. The predicted octanol–water partition coefficient (Wildman–Crippen LogP) is 2.24. The summed E-state index contributed by atoms with van der Waals surface area (Å²) in [5.74, 6) is -0.430. The average Bonchev–Trinajstić information content (AvgIpc) is 3.14. The SMILES string of the molecule is CN1C(=O)COc2ccc(-c3nc4ccc(N)cn4c3CN3CCC(C(=O)O)CC3)cc21. The monoisotopic (exact) mass is 435 g/mol. The Balaban J connectivity index is 1.54. The third-order valence-corrected chi connectivity index (χ3v) is 6.37. The maximum atomic E-state index is 12.1. The highest BCUT2D eigenvalue weighted by Gasteiger charge is 2.27. The van der Waals surface area contributed by atoms with E-state index in [-0.39, 0.29) is 18.4 Å². The number of carbonyl (C=O) groups excluding carboxylic acids is 1. The lowest BCUT2D eigenvalue weighted by molar-refractivity contribution is -0.143. The molecule has 0 saturated carbocycles. The molecule has 1 amide bonds. The number of nitrogens with zero attached hydrogens (tertiary/aromatic N) is 4. The molecule has 3 N–H and O–H groups in total. The van der Waals surface area contributed by atoms with Crippen molar-refractivity contribution in [3.63, 3.8) is 0 Å². The van der Waals surface area contributed by atoms with E-state index in [0.717, 1.165) is 22.6 Å². The lowest BCUT2D eigenvalue weighted by Crippen LogP contribution is -2.36. The summed E-state index contributed by atoms with van der Waals surface area (Å²) in [5.41, 5.74) is 10.9. The molecule has 5 rings (SSSR count). The molecule has 1 fully saturated rings. The van der Waals surface area contributed by atoms with Gasteiger partial charge in [0.1, 0.15) is 11.4 Å². The van der Waals surface area contributed by atoms with E-state index < -0.39 is 5.97 Å². The van der Waals surface area contributed by atoms with Crippen LogP contribution in [-0.4, -0.2) is 58.0 Å². The maximum Gasteiger partial charge on any atom is 0.306 e. The normalized spacial score (nSPS) is 17.4. The molecule has 0 atom stereocenters. The van der Waals surface area contributed by atoms with Crippen LogP contribution in [0.3, 0.4) is 0 Å². The van der Waals surface area contributed by atoms with Crippen molar-refractivity contribution < 1.29 is 19.4 Å². The van der Waals surface area contributed by atoms with Crippen molar-refractivity contribution in [2.45, 2.75) is 19.4 Å². The van der Waals surface area contributed by atoms with Crippen LogP contribution in [0.4, 0.5) is 11.4 Å². The number of anilines is 2. The first-order chi connectivity index (χ1) is 15.4. The number of likely N-dealkylation sites (tertiary alicyclic amines) is 1. The Hall–Kier alpha value is -3.59. The van der Waals surface area contributed by atoms with Crippen LogP contribution in [0.2, 0.25) is 0 Å². The van der Waals surface area contributed by atoms with Crippen molar-refractivity contribution in [2.75, 3.05) is 37.4 Å². The summed E-state index contributed by atoms with van der Waals surface area (Å²) in [6.45, 7) is 2.07. The number of hydrogen-bond donors (Lipinski definition) is 2. The fourth-order valence-corrected chi connectivity index (χ4v) is 4.46. The molecule has 9 heteroatoms. The van der Waals surface area contributed by atoms with Crippen LogP contribution < -0.4 is 15.4 Å². The summed E-state index contributed by atoms with van der Waals surface area (Å²) in [6, 6.07) is 9.46. The number of ether oxygens (including phenoxy) is 1. The van der Waals surface area contributed by atoms with Gasteiger partial charge in [0.25, 0.3) is 5.91 Å². The zero-order chi connectivity index (χ0) is 22.4. The number of aliphatic carboxylic acids is 1. The molecular formula is C23H25N5O4. The predicted molar refractivity (Wildman–Crippen MR) is 120 cm³/mol. The fourth-order valence-electron chi connectivity index (χ4n) is 4.46. The summed E-state index contributed by atoms with van der Waals surface area (Å²) < 4.78 is 7.56. The molecule has 166 valence electrons. The molecule has 0 unspecified atom stereocenters. The van der Waals surface area contributed by atoms with E-state index in [9.17, 15) is 14.7 Å². The van der Waals surface area contributed by atoms with E-state index in [1.165, 1.54) is 0 Å². The van der Waals surface area contributed by atoms with Gasteiger partial charge in [-0.1, -0.05) is 0 Å². The summed E-state index contributed by atoms with van der Waals surface area (Å²) in [6.07, 6.45) is 3.13. The standard InChI is InChI=1S/C23H25N5O4/c1-26-17-10-15(2-4-19(17)32-13-21(26)29)22-18(28-11-16(24)3-5-20(28)25-22)12-27-8-6-14(7-9-27)23(30)31/h2-5,10-11,14H,6-9,12-13,24H2,1H3,(H,30,31). The molecule has 2 aromatic heterocycles. The minimum atomic E-state index is -0.720. The molecule has 9 nitrogen and oxygen atoms in total. The van der Waals surface area contributed by atoms with Crippen LogP contribution in [0, 0.1) is 5.92 Å². The molecule has 2 aliphatic rings. The first-order valence-corrected chi connectivity index (χ1v) is 10.7. The van der Waals surface area contributed by atoms with Gasteiger partial charge in [0.2, 0.25) is 0 Å². The van der Waals surface area contributed by atoms with Crippen LogP contribution in [0.5, 0.6) is 5.75 Å². The van der Waals surface area contributed by atoms with Gasteiger partial charge in [-0.3, -0.25) is 14.5 Å². The van der Waals surface area contributed by atoms with Crippen LogP contribution >= 0.6 is 0 Å². The highest BCUT2D eigenvalue weighted by molar-refractivity contribution is 5.98. The van der Waals surface area contributed by atoms with Gasteiger partial charge in [0.15, 0.2) is 6.61 Å². The van der Waals surface area contributed by atoms with E-state index in [0.29, 0.717) is 49.6 Å². The molecule has 1 aromatic carbocycles. The van der Waals surface area contributed by atoms with Crippen LogP contribution in [-0.2, 0) is 16.1 Å². The number of aromatic nitrogens is 2. The van der Waals surface area contributed by atoms with Gasteiger partial charge in [-0.15, -0.1) is 0 Å². The topological polar surface area (TPSA) is 113 Å². The van der Waals surface area contributed by atoms with E-state index >= 15 is 0 Å². The fraction of sp³-hybridized carbons (Fsp3) is 0.348. The number of rotatable bonds is 4. The number of nitrogens with two attached hydrogens (primary N) is 1. The van der Waals surface area contributed by atoms with Crippen molar-refractivity contribution in [3.8, 4) is 17.0 Å². The van der Waals surface area contributed by atoms with Gasteiger partial charge < -0.3 is 24.9 Å². The number of carboxylic acids is 1. The van der Waals surface area contributed by atoms with Crippen molar-refractivity contribution >= 4 is 28.9 Å². The first-order valence-electron chi connectivity index (χ1n) is 10.7.